The molecule has 0 bridgehead atoms. The molecule has 3 aromatic rings. The quantitative estimate of drug-likeness (QED) is 0.254. The van der Waals surface area contributed by atoms with Gasteiger partial charge in [0.15, 0.2) is 17.3 Å². The van der Waals surface area contributed by atoms with Crippen molar-refractivity contribution >= 4 is 17.8 Å². The van der Waals surface area contributed by atoms with Gasteiger partial charge in [-0.05, 0) is 53.5 Å². The maximum atomic E-state index is 13.7. The average molecular weight is 434 g/mol. The fourth-order valence-electron chi connectivity index (χ4n) is 3.18. The van der Waals surface area contributed by atoms with E-state index in [1.54, 1.807) is 60.7 Å². The number of benzene rings is 3. The number of methoxy groups -OCH3 is 1. The van der Waals surface area contributed by atoms with E-state index in [9.17, 15) is 14.0 Å². The van der Waals surface area contributed by atoms with E-state index in [0.717, 1.165) is 5.56 Å². The number of carbonyl (C=O) groups is 2. The molecule has 0 radical (unpaired) electrons. The lowest BCUT2D eigenvalue weighted by Gasteiger charge is -2.11. The summed E-state index contributed by atoms with van der Waals surface area (Å²) in [5.74, 6) is -0.485. The van der Waals surface area contributed by atoms with Gasteiger partial charge in [0.25, 0.3) is 0 Å². The van der Waals surface area contributed by atoms with E-state index in [4.69, 9.17) is 14.6 Å². The molecule has 0 fully saturated rings. The highest BCUT2D eigenvalue weighted by molar-refractivity contribution is 6.11. The first kappa shape index (κ1) is 22.7. The molecule has 164 valence electrons. The zero-order valence-electron chi connectivity index (χ0n) is 17.6. The predicted octanol–water partition coefficient (Wildman–Crippen LogP) is 5.64. The number of ether oxygens (including phenoxy) is 2. The van der Waals surface area contributed by atoms with Crippen LogP contribution in [-0.4, -0.2) is 30.6 Å². The molecule has 5 nitrogen and oxygen atoms in total. The smallest absolute Gasteiger partial charge is 0.303 e. The highest BCUT2D eigenvalue weighted by atomic mass is 19.1. The monoisotopic (exact) mass is 434 g/mol. The van der Waals surface area contributed by atoms with Gasteiger partial charge in [-0.2, -0.15) is 0 Å². The van der Waals surface area contributed by atoms with Crippen molar-refractivity contribution in [2.24, 2.45) is 0 Å². The number of carboxylic acids is 1. The van der Waals surface area contributed by atoms with Gasteiger partial charge in [-0.15, -0.1) is 0 Å². The molecule has 6 heteroatoms. The van der Waals surface area contributed by atoms with Crippen LogP contribution in [0.3, 0.4) is 0 Å². The summed E-state index contributed by atoms with van der Waals surface area (Å²) in [6.45, 7) is 0.232. The van der Waals surface area contributed by atoms with Gasteiger partial charge < -0.3 is 14.6 Å². The molecule has 0 aliphatic heterocycles. The molecule has 0 amide bonds. The maximum Gasteiger partial charge on any atom is 0.303 e. The second-order valence-electron chi connectivity index (χ2n) is 7.01. The average Bonchev–Trinajstić information content (AvgIpc) is 2.80. The fraction of sp³-hybridized carbons (Fsp3) is 0.154. The Morgan fingerprint density at radius 2 is 1.81 bits per heavy atom. The molecule has 0 aromatic heterocycles. The van der Waals surface area contributed by atoms with Crippen molar-refractivity contribution in [1.82, 2.24) is 0 Å². The normalized spacial score (nSPS) is 10.8. The van der Waals surface area contributed by atoms with E-state index in [-0.39, 0.29) is 24.6 Å². The highest BCUT2D eigenvalue weighted by Gasteiger charge is 2.11. The number of carboxylic acid groups (broad SMARTS) is 1. The molecular formula is C26H23FO5. The lowest BCUT2D eigenvalue weighted by atomic mass is 9.96. The Morgan fingerprint density at radius 3 is 2.56 bits per heavy atom. The number of carbonyl (C=O) groups excluding carboxylic acids is 1. The molecule has 3 rings (SSSR count). The number of allylic oxidation sites excluding steroid dienone is 1. The van der Waals surface area contributed by atoms with Crippen LogP contribution in [0.5, 0.6) is 11.5 Å². The Balaban J connectivity index is 1.79. The van der Waals surface area contributed by atoms with E-state index >= 15 is 0 Å². The Kier molecular flexibility index (Phi) is 7.75. The van der Waals surface area contributed by atoms with Crippen LogP contribution in [0.4, 0.5) is 4.39 Å². The first-order valence-electron chi connectivity index (χ1n) is 10.1. The predicted molar refractivity (Wildman–Crippen MR) is 121 cm³/mol. The first-order chi connectivity index (χ1) is 15.5. The minimum atomic E-state index is -0.880. The minimum absolute atomic E-state index is 0.0150. The van der Waals surface area contributed by atoms with Crippen molar-refractivity contribution in [3.05, 3.63) is 89.8 Å². The third-order valence-corrected chi connectivity index (χ3v) is 4.74. The lowest BCUT2D eigenvalue weighted by molar-refractivity contribution is -0.137. The molecular weight excluding hydrogens is 411 g/mol. The van der Waals surface area contributed by atoms with Crippen LogP contribution in [0.15, 0.2) is 72.8 Å². The van der Waals surface area contributed by atoms with Crippen molar-refractivity contribution in [3.8, 4) is 22.6 Å². The van der Waals surface area contributed by atoms with Crippen molar-refractivity contribution in [2.75, 3.05) is 13.7 Å². The molecule has 0 unspecified atom stereocenters. The van der Waals surface area contributed by atoms with Gasteiger partial charge >= 0.3 is 5.97 Å². The Labute approximate surface area is 185 Å². The van der Waals surface area contributed by atoms with Gasteiger partial charge in [0.05, 0.1) is 13.7 Å². The summed E-state index contributed by atoms with van der Waals surface area (Å²) < 4.78 is 24.6. The van der Waals surface area contributed by atoms with E-state index in [2.05, 4.69) is 0 Å². The number of hydrogen-bond donors (Lipinski definition) is 1. The standard InChI is InChI=1S/C26H23FO5/c1-31-24-14-12-18(16-25(24)32-15-5-10-26(29)30)11-13-23(28)22-9-3-2-8-21(22)19-6-4-7-20(27)17-19/h2-4,6-9,11-14,16-17H,5,10,15H2,1H3,(H,29,30)/b13-11+. The Hall–Kier alpha value is -3.93. The second kappa shape index (κ2) is 10.9. The van der Waals surface area contributed by atoms with Crippen molar-refractivity contribution in [3.63, 3.8) is 0 Å². The molecule has 0 heterocycles. The Morgan fingerprint density at radius 1 is 1.00 bits per heavy atom. The largest absolute Gasteiger partial charge is 0.493 e. The van der Waals surface area contributed by atoms with Crippen LogP contribution in [0.1, 0.15) is 28.8 Å². The summed E-state index contributed by atoms with van der Waals surface area (Å²) in [6, 6.07) is 18.4. The SMILES string of the molecule is COc1ccc(/C=C/C(=O)c2ccccc2-c2cccc(F)c2)cc1OCCCC(=O)O. The van der Waals surface area contributed by atoms with E-state index in [1.165, 1.54) is 25.3 Å². The first-order valence-corrected chi connectivity index (χ1v) is 10.1. The van der Waals surface area contributed by atoms with Gasteiger partial charge in [-0.25, -0.2) is 4.39 Å². The summed E-state index contributed by atoms with van der Waals surface area (Å²) in [5, 5.41) is 8.74. The summed E-state index contributed by atoms with van der Waals surface area (Å²) >= 11 is 0. The van der Waals surface area contributed by atoms with Gasteiger partial charge in [-0.1, -0.05) is 48.5 Å². The van der Waals surface area contributed by atoms with Crippen LogP contribution in [-0.2, 0) is 4.79 Å². The molecule has 0 spiro atoms. The van der Waals surface area contributed by atoms with Crippen LogP contribution in [0.2, 0.25) is 0 Å². The molecule has 0 atom stereocenters. The van der Waals surface area contributed by atoms with E-state index in [0.29, 0.717) is 34.6 Å². The number of ketones is 1. The van der Waals surface area contributed by atoms with Crippen LogP contribution in [0, 0.1) is 5.82 Å². The number of rotatable bonds is 10. The second-order valence-corrected chi connectivity index (χ2v) is 7.01. The molecule has 0 aliphatic rings. The fourth-order valence-corrected chi connectivity index (χ4v) is 3.18. The van der Waals surface area contributed by atoms with Gasteiger partial charge in [0.2, 0.25) is 0 Å². The van der Waals surface area contributed by atoms with Gasteiger partial charge in [0.1, 0.15) is 5.82 Å². The summed E-state index contributed by atoms with van der Waals surface area (Å²) in [4.78, 5) is 23.5. The topological polar surface area (TPSA) is 72.8 Å². The zero-order valence-corrected chi connectivity index (χ0v) is 17.6. The number of halogens is 1. The van der Waals surface area contributed by atoms with Crippen LogP contribution in [0.25, 0.3) is 17.2 Å². The number of aliphatic carboxylic acids is 1. The van der Waals surface area contributed by atoms with E-state index in [1.807, 2.05) is 0 Å². The zero-order chi connectivity index (χ0) is 22.9. The summed E-state index contributed by atoms with van der Waals surface area (Å²) in [5.41, 5.74) is 2.46. The van der Waals surface area contributed by atoms with Crippen LogP contribution >= 0.6 is 0 Å². The number of hydrogen-bond acceptors (Lipinski definition) is 4. The van der Waals surface area contributed by atoms with Gasteiger partial charge in [0, 0.05) is 12.0 Å². The van der Waals surface area contributed by atoms with Crippen molar-refractivity contribution < 1.29 is 28.6 Å². The van der Waals surface area contributed by atoms with E-state index < -0.39 is 5.97 Å². The minimum Gasteiger partial charge on any atom is -0.493 e. The molecule has 0 aliphatic carbocycles. The molecule has 0 saturated carbocycles. The van der Waals surface area contributed by atoms with Crippen LogP contribution < -0.4 is 9.47 Å². The third kappa shape index (κ3) is 6.04. The molecule has 0 saturated heterocycles. The van der Waals surface area contributed by atoms with Crippen molar-refractivity contribution in [1.29, 1.82) is 0 Å². The molecule has 3 aromatic carbocycles. The van der Waals surface area contributed by atoms with Gasteiger partial charge in [-0.3, -0.25) is 9.59 Å². The maximum absolute atomic E-state index is 13.7. The summed E-state index contributed by atoms with van der Waals surface area (Å²) in [7, 11) is 1.52. The molecule has 1 N–H and O–H groups in total. The Bertz CT molecular complexity index is 1140. The summed E-state index contributed by atoms with van der Waals surface area (Å²) in [6.07, 6.45) is 3.50. The lowest BCUT2D eigenvalue weighted by Crippen LogP contribution is -2.03. The third-order valence-electron chi connectivity index (χ3n) is 4.74. The van der Waals surface area contributed by atoms with Crippen molar-refractivity contribution in [2.45, 2.75) is 12.8 Å². The highest BCUT2D eigenvalue weighted by Crippen LogP contribution is 2.29. The molecule has 32 heavy (non-hydrogen) atoms.